The van der Waals surface area contributed by atoms with E-state index in [-0.39, 0.29) is 41.7 Å². The molecule has 59 heavy (non-hydrogen) atoms. The molecular weight excluding hydrogens is 759 g/mol. The Bertz CT molecular complexity index is 2080. The molecule has 16 heteroatoms. The van der Waals surface area contributed by atoms with E-state index in [0.717, 1.165) is 44.5 Å². The summed E-state index contributed by atoms with van der Waals surface area (Å²) in [6, 6.07) is 18.6. The lowest BCUT2D eigenvalue weighted by Crippen LogP contribution is -2.45. The molecule has 2 aromatic heterocycles. The number of nitrogen functional groups attached to an aromatic ring is 2. The Labute approximate surface area is 342 Å². The van der Waals surface area contributed by atoms with Crippen molar-refractivity contribution in [2.24, 2.45) is 11.8 Å². The second kappa shape index (κ2) is 20.1. The summed E-state index contributed by atoms with van der Waals surface area (Å²) in [5.74, 6) is -0.873. The summed E-state index contributed by atoms with van der Waals surface area (Å²) in [6.07, 6.45) is 4.32. The van der Waals surface area contributed by atoms with Gasteiger partial charge in [0.2, 0.25) is 0 Å². The quantitative estimate of drug-likeness (QED) is 0.0896. The summed E-state index contributed by atoms with van der Waals surface area (Å²) in [5, 5.41) is 11.6. The maximum absolute atomic E-state index is 13.1. The molecule has 312 valence electrons. The highest BCUT2D eigenvalue weighted by molar-refractivity contribution is 6.06. The van der Waals surface area contributed by atoms with E-state index in [4.69, 9.17) is 11.5 Å². The lowest BCUT2D eigenvalue weighted by molar-refractivity contribution is 0.0696. The van der Waals surface area contributed by atoms with Gasteiger partial charge in [-0.3, -0.25) is 34.0 Å². The number of alkyl halides is 2. The minimum atomic E-state index is -2.38. The highest BCUT2D eigenvalue weighted by atomic mass is 19.3. The number of hydrogen-bond donors (Lipinski definition) is 6. The number of aromatic nitrogens is 2. The Morgan fingerprint density at radius 1 is 0.746 bits per heavy atom. The first-order valence-corrected chi connectivity index (χ1v) is 20.0. The molecule has 2 unspecified atom stereocenters. The largest absolute Gasteiger partial charge is 0.397 e. The average Bonchev–Trinajstić information content (AvgIpc) is 3.22. The van der Waals surface area contributed by atoms with Gasteiger partial charge in [-0.05, 0) is 105 Å². The summed E-state index contributed by atoms with van der Waals surface area (Å²) >= 11 is 0. The lowest BCUT2D eigenvalue weighted by Gasteiger charge is -2.34. The number of rotatable bonds is 15. The first-order valence-electron chi connectivity index (χ1n) is 20.0. The molecule has 14 nitrogen and oxygen atoms in total. The molecule has 4 aromatic rings. The molecule has 4 amide bonds. The summed E-state index contributed by atoms with van der Waals surface area (Å²) < 4.78 is 25.3. The highest BCUT2D eigenvalue weighted by Gasteiger charge is 2.25. The van der Waals surface area contributed by atoms with Crippen LogP contribution in [-0.4, -0.2) is 102 Å². The first-order chi connectivity index (χ1) is 28.4. The predicted octanol–water partition coefficient (Wildman–Crippen LogP) is 4.93. The molecular formula is C43H52F2N10O4. The van der Waals surface area contributed by atoms with Crippen LogP contribution < -0.4 is 32.7 Å². The topological polar surface area (TPSA) is 201 Å². The fourth-order valence-electron chi connectivity index (χ4n) is 7.60. The van der Waals surface area contributed by atoms with E-state index in [9.17, 15) is 28.0 Å². The van der Waals surface area contributed by atoms with Gasteiger partial charge >= 0.3 is 0 Å². The van der Waals surface area contributed by atoms with Gasteiger partial charge in [0, 0.05) is 51.2 Å². The van der Waals surface area contributed by atoms with Gasteiger partial charge in [-0.1, -0.05) is 25.1 Å². The number of nitrogens with one attached hydrogen (secondary N) is 4. The number of nitrogens with two attached hydrogens (primary N) is 2. The number of nitrogens with zero attached hydrogens (tertiary/aromatic N) is 4. The molecule has 0 bridgehead atoms. The van der Waals surface area contributed by atoms with E-state index in [1.807, 2.05) is 12.1 Å². The average molecular weight is 811 g/mol. The number of likely N-dealkylation sites (tertiary alicyclic amines) is 2. The maximum Gasteiger partial charge on any atom is 0.274 e. The monoisotopic (exact) mass is 810 g/mol. The number of piperidine rings is 2. The lowest BCUT2D eigenvalue weighted by atomic mass is 9.95. The van der Waals surface area contributed by atoms with Crippen molar-refractivity contribution in [1.82, 2.24) is 30.4 Å². The number of carbonyl (C=O) groups is 4. The molecule has 8 N–H and O–H groups in total. The fraction of sp³-hybridized carbons (Fsp3) is 0.395. The van der Waals surface area contributed by atoms with Crippen LogP contribution in [0.25, 0.3) is 0 Å². The van der Waals surface area contributed by atoms with E-state index >= 15 is 0 Å². The van der Waals surface area contributed by atoms with Gasteiger partial charge in [0.05, 0.1) is 40.4 Å². The zero-order valence-electron chi connectivity index (χ0n) is 33.1. The Kier molecular flexibility index (Phi) is 14.5. The molecule has 0 spiro atoms. The number of pyridine rings is 2. The molecule has 2 fully saturated rings. The van der Waals surface area contributed by atoms with Crippen molar-refractivity contribution in [3.8, 4) is 0 Å². The van der Waals surface area contributed by atoms with Crippen molar-refractivity contribution < 1.29 is 28.0 Å². The van der Waals surface area contributed by atoms with Crippen LogP contribution in [0.15, 0.2) is 79.1 Å². The molecule has 0 radical (unpaired) electrons. The zero-order valence-corrected chi connectivity index (χ0v) is 33.1. The number of para-hydroxylation sites is 2. The van der Waals surface area contributed by atoms with Crippen molar-refractivity contribution in [3.63, 3.8) is 0 Å². The molecule has 0 aliphatic carbocycles. The highest BCUT2D eigenvalue weighted by Crippen LogP contribution is 2.25. The van der Waals surface area contributed by atoms with E-state index in [1.54, 1.807) is 41.3 Å². The van der Waals surface area contributed by atoms with Crippen LogP contribution in [0.3, 0.4) is 0 Å². The number of amides is 4. The van der Waals surface area contributed by atoms with Crippen LogP contribution in [0.2, 0.25) is 0 Å². The summed E-state index contributed by atoms with van der Waals surface area (Å²) in [7, 11) is 0. The van der Waals surface area contributed by atoms with Crippen LogP contribution in [-0.2, 0) is 6.42 Å². The van der Waals surface area contributed by atoms with Gasteiger partial charge in [0.15, 0.2) is 0 Å². The van der Waals surface area contributed by atoms with E-state index < -0.39 is 18.2 Å². The standard InChI is InChI=1S/C43H52F2N10O4/c1-27(24-55-16-4-5-29(25-55)21-50-40(56)30-9-12-36(48-22-30)42(58)52-35-7-3-2-6-33(35)46)19-28-8-11-34(47)38(20-28)53-43(59)37-13-10-31(23-49-37)41(57)51-32-14-17-54(18-15-32)26-39(44)45/h2-3,6-13,20,22-23,27,29,32,39H,4-5,14-19,21,24-26,46-47H2,1H3,(H,50,56)(H,51,57)(H,52,58)(H,53,59). The summed E-state index contributed by atoms with van der Waals surface area (Å²) in [5.41, 5.74) is 16.0. The van der Waals surface area contributed by atoms with Crippen molar-refractivity contribution >= 4 is 46.4 Å². The number of halogens is 2. The van der Waals surface area contributed by atoms with E-state index in [0.29, 0.717) is 72.3 Å². The smallest absolute Gasteiger partial charge is 0.274 e. The number of hydrogen-bond acceptors (Lipinski definition) is 10. The summed E-state index contributed by atoms with van der Waals surface area (Å²) in [6.45, 7) is 6.12. The summed E-state index contributed by atoms with van der Waals surface area (Å²) in [4.78, 5) is 64.0. The maximum atomic E-state index is 13.1. The van der Waals surface area contributed by atoms with Crippen molar-refractivity contribution in [1.29, 1.82) is 0 Å². The van der Waals surface area contributed by atoms with Gasteiger partial charge in [-0.2, -0.15) is 0 Å². The molecule has 2 atom stereocenters. The van der Waals surface area contributed by atoms with Crippen LogP contribution in [0.4, 0.5) is 31.5 Å². The van der Waals surface area contributed by atoms with Crippen molar-refractivity contribution in [2.45, 2.75) is 51.5 Å². The van der Waals surface area contributed by atoms with Crippen LogP contribution in [0, 0.1) is 11.8 Å². The molecule has 2 aromatic carbocycles. The van der Waals surface area contributed by atoms with Gasteiger partial charge in [0.1, 0.15) is 11.4 Å². The number of benzene rings is 2. The van der Waals surface area contributed by atoms with Crippen molar-refractivity contribution in [3.05, 3.63) is 107 Å². The Morgan fingerprint density at radius 3 is 2.03 bits per heavy atom. The normalized spacial score (nSPS) is 16.9. The van der Waals surface area contributed by atoms with Crippen LogP contribution in [0.1, 0.15) is 79.9 Å². The molecule has 2 aliphatic rings. The molecule has 4 heterocycles. The van der Waals surface area contributed by atoms with Crippen LogP contribution >= 0.6 is 0 Å². The number of carbonyl (C=O) groups excluding carboxylic acids is 4. The Morgan fingerprint density at radius 2 is 1.39 bits per heavy atom. The molecule has 2 aliphatic heterocycles. The van der Waals surface area contributed by atoms with Crippen molar-refractivity contribution in [2.75, 3.05) is 67.9 Å². The molecule has 0 saturated carbocycles. The van der Waals surface area contributed by atoms with E-state index in [1.165, 1.54) is 30.6 Å². The predicted molar refractivity (Wildman–Crippen MR) is 223 cm³/mol. The minimum absolute atomic E-state index is 0.116. The Balaban J connectivity index is 0.930. The fourth-order valence-corrected chi connectivity index (χ4v) is 7.60. The minimum Gasteiger partial charge on any atom is -0.397 e. The third-order valence-electron chi connectivity index (χ3n) is 10.7. The SMILES string of the molecule is CC(Cc1ccc(N)c(NC(=O)c2ccc(C(=O)NC3CCN(CC(F)F)CC3)cn2)c1)CN1CCCC(CNC(=O)c2ccc(C(=O)Nc3ccccc3N)nc2)C1. The first kappa shape index (κ1) is 42.6. The van der Waals surface area contributed by atoms with E-state index in [2.05, 4.69) is 43.1 Å². The number of anilines is 4. The van der Waals surface area contributed by atoms with Gasteiger partial charge in [-0.25, -0.2) is 8.78 Å². The van der Waals surface area contributed by atoms with Gasteiger partial charge in [0.25, 0.3) is 30.1 Å². The second-order valence-electron chi connectivity index (χ2n) is 15.5. The zero-order chi connectivity index (χ0) is 41.9. The third kappa shape index (κ3) is 12.3. The van der Waals surface area contributed by atoms with Crippen LogP contribution in [0.5, 0.6) is 0 Å². The molecule has 2 saturated heterocycles. The Hall–Kier alpha value is -6.00. The third-order valence-corrected chi connectivity index (χ3v) is 10.7. The molecule has 6 rings (SSSR count). The second-order valence-corrected chi connectivity index (χ2v) is 15.5. The van der Waals surface area contributed by atoms with Gasteiger partial charge < -0.3 is 37.6 Å². The van der Waals surface area contributed by atoms with Gasteiger partial charge in [-0.15, -0.1) is 0 Å².